The summed E-state index contributed by atoms with van der Waals surface area (Å²) in [6.07, 6.45) is -0.163. The zero-order valence-corrected chi connectivity index (χ0v) is 22.8. The summed E-state index contributed by atoms with van der Waals surface area (Å²) in [5.41, 5.74) is 2.12. The molecule has 1 aliphatic rings. The number of carboxylic acids is 1. The lowest BCUT2D eigenvalue weighted by Gasteiger charge is -2.43. The molecule has 2 aromatic carbocycles. The molecule has 2 heterocycles. The Kier molecular flexibility index (Phi) is 7.99. The molecule has 0 unspecified atom stereocenters. The molecule has 10 nitrogen and oxygen atoms in total. The number of aromatic nitrogens is 1. The van der Waals surface area contributed by atoms with Crippen LogP contribution in [0.4, 0.5) is 0 Å². The van der Waals surface area contributed by atoms with E-state index in [4.69, 9.17) is 9.26 Å². The Morgan fingerprint density at radius 3 is 2.49 bits per heavy atom. The minimum atomic E-state index is -0.891. The van der Waals surface area contributed by atoms with Crippen LogP contribution in [-0.2, 0) is 15.1 Å². The normalized spacial score (nSPS) is 19.8. The standard InChI is InChI=1S/C29H35N3O7/c1-6-30-28(37)26-25(27(39-31-26)21-11-20(16(2)3)22(33)12-23(21)34)18-7-9-19(10-8-18)29(5)15-32(14-24(35)36)13-17(4)38-29/h7-12,16-17,33-34H,6,13-15H2,1-5H3,(H,30,37)(H,35,36)/t17-,29-/m1/s1. The van der Waals surface area contributed by atoms with E-state index in [1.54, 1.807) is 13.0 Å². The van der Waals surface area contributed by atoms with Gasteiger partial charge in [0.1, 0.15) is 17.1 Å². The van der Waals surface area contributed by atoms with E-state index in [1.807, 2.05) is 56.9 Å². The second-order valence-electron chi connectivity index (χ2n) is 10.5. The number of ether oxygens (including phenoxy) is 1. The van der Waals surface area contributed by atoms with Gasteiger partial charge < -0.3 is 29.9 Å². The third-order valence-corrected chi connectivity index (χ3v) is 6.90. The van der Waals surface area contributed by atoms with Crippen molar-refractivity contribution in [3.63, 3.8) is 0 Å². The quantitative estimate of drug-likeness (QED) is 0.330. The number of nitrogens with zero attached hydrogens (tertiary/aromatic N) is 2. The van der Waals surface area contributed by atoms with Gasteiger partial charge >= 0.3 is 5.97 Å². The average molecular weight is 538 g/mol. The Morgan fingerprint density at radius 1 is 1.18 bits per heavy atom. The van der Waals surface area contributed by atoms with Gasteiger partial charge in [0.15, 0.2) is 11.5 Å². The summed E-state index contributed by atoms with van der Waals surface area (Å²) in [5, 5.41) is 37.1. The second kappa shape index (κ2) is 11.1. The number of benzene rings is 2. The van der Waals surface area contributed by atoms with E-state index < -0.39 is 17.5 Å². The molecule has 0 aliphatic carbocycles. The van der Waals surface area contributed by atoms with Crippen LogP contribution in [0, 0.1) is 0 Å². The van der Waals surface area contributed by atoms with Crippen LogP contribution in [0.25, 0.3) is 22.5 Å². The van der Waals surface area contributed by atoms with E-state index in [1.165, 1.54) is 6.07 Å². The number of rotatable bonds is 8. The van der Waals surface area contributed by atoms with Crippen molar-refractivity contribution in [2.45, 2.75) is 52.2 Å². The van der Waals surface area contributed by atoms with Gasteiger partial charge in [0, 0.05) is 25.7 Å². The number of morpholine rings is 1. The van der Waals surface area contributed by atoms with Crippen LogP contribution in [0.3, 0.4) is 0 Å². The molecule has 1 aromatic heterocycles. The number of amides is 1. The Labute approximate surface area is 227 Å². The minimum Gasteiger partial charge on any atom is -0.508 e. The summed E-state index contributed by atoms with van der Waals surface area (Å²) in [6, 6.07) is 10.3. The maximum atomic E-state index is 12.9. The number of aromatic hydroxyl groups is 2. The smallest absolute Gasteiger partial charge is 0.317 e. The predicted molar refractivity (Wildman–Crippen MR) is 145 cm³/mol. The van der Waals surface area contributed by atoms with E-state index in [-0.39, 0.29) is 41.5 Å². The van der Waals surface area contributed by atoms with Crippen LogP contribution in [0.1, 0.15) is 62.2 Å². The van der Waals surface area contributed by atoms with Crippen molar-refractivity contribution in [3.8, 4) is 33.9 Å². The van der Waals surface area contributed by atoms with Gasteiger partial charge in [-0.2, -0.15) is 0 Å². The topological polar surface area (TPSA) is 145 Å². The van der Waals surface area contributed by atoms with Gasteiger partial charge in [0.05, 0.1) is 23.8 Å². The molecule has 0 bridgehead atoms. The fraction of sp³-hybridized carbons (Fsp3) is 0.414. The van der Waals surface area contributed by atoms with Gasteiger partial charge in [-0.25, -0.2) is 0 Å². The fourth-order valence-corrected chi connectivity index (χ4v) is 5.21. The van der Waals surface area contributed by atoms with Crippen molar-refractivity contribution in [2.75, 3.05) is 26.2 Å². The summed E-state index contributed by atoms with van der Waals surface area (Å²) in [4.78, 5) is 26.1. The largest absolute Gasteiger partial charge is 0.508 e. The van der Waals surface area contributed by atoms with Gasteiger partial charge in [-0.1, -0.05) is 43.3 Å². The SMILES string of the molecule is CCNC(=O)c1noc(-c2cc(C(C)C)c(O)cc2O)c1-c1ccc([C@@]2(C)CN(CC(=O)O)C[C@@H](C)O2)cc1. The van der Waals surface area contributed by atoms with E-state index in [9.17, 15) is 24.9 Å². The number of phenolic OH excluding ortho intramolecular Hbond substituents is 2. The first-order valence-corrected chi connectivity index (χ1v) is 13.0. The first-order valence-electron chi connectivity index (χ1n) is 13.0. The van der Waals surface area contributed by atoms with E-state index >= 15 is 0 Å². The first kappa shape index (κ1) is 28.1. The molecule has 3 aromatic rings. The highest BCUT2D eigenvalue weighted by Crippen LogP contribution is 2.43. The van der Waals surface area contributed by atoms with Crippen LogP contribution in [0.15, 0.2) is 40.9 Å². The predicted octanol–water partition coefficient (Wildman–Crippen LogP) is 4.31. The summed E-state index contributed by atoms with van der Waals surface area (Å²) >= 11 is 0. The number of aliphatic carboxylic acids is 1. The van der Waals surface area contributed by atoms with Crippen LogP contribution in [0.2, 0.25) is 0 Å². The van der Waals surface area contributed by atoms with Gasteiger partial charge in [-0.15, -0.1) is 0 Å². The molecule has 208 valence electrons. The van der Waals surface area contributed by atoms with Gasteiger partial charge in [-0.05, 0) is 49.4 Å². The molecule has 1 amide bonds. The molecule has 0 radical (unpaired) electrons. The molecule has 39 heavy (non-hydrogen) atoms. The van der Waals surface area contributed by atoms with Crippen LogP contribution >= 0.6 is 0 Å². The van der Waals surface area contributed by atoms with E-state index in [0.29, 0.717) is 41.9 Å². The van der Waals surface area contributed by atoms with Crippen molar-refractivity contribution >= 4 is 11.9 Å². The molecule has 1 aliphatic heterocycles. The van der Waals surface area contributed by atoms with Crippen molar-refractivity contribution < 1.29 is 34.2 Å². The lowest BCUT2D eigenvalue weighted by Crippen LogP contribution is -2.52. The molecule has 2 atom stereocenters. The zero-order valence-electron chi connectivity index (χ0n) is 22.8. The van der Waals surface area contributed by atoms with Crippen LogP contribution in [-0.4, -0.2) is 69.5 Å². The lowest BCUT2D eigenvalue weighted by molar-refractivity contribution is -0.156. The highest BCUT2D eigenvalue weighted by atomic mass is 16.5. The Bertz CT molecular complexity index is 1370. The third-order valence-electron chi connectivity index (χ3n) is 6.90. The van der Waals surface area contributed by atoms with E-state index in [2.05, 4.69) is 10.5 Å². The Balaban J connectivity index is 1.79. The summed E-state index contributed by atoms with van der Waals surface area (Å²) in [6.45, 7) is 10.7. The highest BCUT2D eigenvalue weighted by Gasteiger charge is 2.38. The highest BCUT2D eigenvalue weighted by molar-refractivity contribution is 6.02. The van der Waals surface area contributed by atoms with Crippen molar-refractivity contribution in [3.05, 3.63) is 53.2 Å². The number of carbonyl (C=O) groups is 2. The van der Waals surface area contributed by atoms with Crippen molar-refractivity contribution in [1.82, 2.24) is 15.4 Å². The van der Waals surface area contributed by atoms with Gasteiger partial charge in [0.2, 0.25) is 0 Å². The molecular formula is C29H35N3O7. The second-order valence-corrected chi connectivity index (χ2v) is 10.5. The van der Waals surface area contributed by atoms with Crippen molar-refractivity contribution in [2.24, 2.45) is 0 Å². The molecule has 10 heteroatoms. The average Bonchev–Trinajstić information content (AvgIpc) is 3.28. The summed E-state index contributed by atoms with van der Waals surface area (Å²) in [7, 11) is 0. The first-order chi connectivity index (χ1) is 18.4. The van der Waals surface area contributed by atoms with Crippen LogP contribution in [0.5, 0.6) is 11.5 Å². The molecule has 0 saturated carbocycles. The summed E-state index contributed by atoms with van der Waals surface area (Å²) < 4.78 is 11.9. The zero-order chi connectivity index (χ0) is 28.5. The number of hydrogen-bond acceptors (Lipinski definition) is 8. The van der Waals surface area contributed by atoms with Gasteiger partial charge in [0.25, 0.3) is 5.91 Å². The Morgan fingerprint density at radius 2 is 1.87 bits per heavy atom. The molecule has 1 saturated heterocycles. The lowest BCUT2D eigenvalue weighted by atomic mass is 9.90. The molecule has 4 rings (SSSR count). The van der Waals surface area contributed by atoms with Crippen molar-refractivity contribution in [1.29, 1.82) is 0 Å². The maximum Gasteiger partial charge on any atom is 0.317 e. The fourth-order valence-electron chi connectivity index (χ4n) is 5.21. The molecule has 4 N–H and O–H groups in total. The monoisotopic (exact) mass is 537 g/mol. The number of nitrogens with one attached hydrogen (secondary N) is 1. The number of carbonyl (C=O) groups excluding carboxylic acids is 1. The number of carboxylic acid groups (broad SMARTS) is 1. The van der Waals surface area contributed by atoms with Crippen LogP contribution < -0.4 is 5.32 Å². The number of hydrogen-bond donors (Lipinski definition) is 4. The number of phenols is 2. The van der Waals surface area contributed by atoms with Gasteiger partial charge in [-0.3, -0.25) is 14.5 Å². The minimum absolute atomic E-state index is 0.0304. The van der Waals surface area contributed by atoms with E-state index in [0.717, 1.165) is 5.56 Å². The molecule has 0 spiro atoms. The molecular weight excluding hydrogens is 502 g/mol. The Hall–Kier alpha value is -3.89. The third kappa shape index (κ3) is 5.76. The summed E-state index contributed by atoms with van der Waals surface area (Å²) in [5.74, 6) is -1.38. The maximum absolute atomic E-state index is 12.9. The molecule has 1 fully saturated rings.